The van der Waals surface area contributed by atoms with Crippen LogP contribution in [0.5, 0.6) is 0 Å². The second-order valence-electron chi connectivity index (χ2n) is 12.4. The number of aliphatic hydroxyl groups is 1. The fraction of sp³-hybridized carbons (Fsp3) is 0.486. The quantitative estimate of drug-likeness (QED) is 0.297. The van der Waals surface area contributed by atoms with Crippen LogP contribution >= 0.6 is 23.5 Å². The van der Waals surface area contributed by atoms with E-state index in [2.05, 4.69) is 0 Å². The Labute approximate surface area is 290 Å². The van der Waals surface area contributed by atoms with Gasteiger partial charge >= 0.3 is 5.97 Å². The summed E-state index contributed by atoms with van der Waals surface area (Å²) in [5.41, 5.74) is 2.35. The van der Waals surface area contributed by atoms with E-state index in [9.17, 15) is 9.90 Å². The van der Waals surface area contributed by atoms with Crippen molar-refractivity contribution in [3.05, 3.63) is 108 Å². The van der Waals surface area contributed by atoms with Crippen LogP contribution in [0.15, 0.2) is 91.0 Å². The number of carbonyl (C=O) groups excluding carboxylic acids is 1. The van der Waals surface area contributed by atoms with Crippen molar-refractivity contribution in [2.75, 3.05) is 25.7 Å². The van der Waals surface area contributed by atoms with Crippen molar-refractivity contribution in [3.63, 3.8) is 0 Å². The smallest absolute Gasteiger partial charge is 0.338 e. The van der Waals surface area contributed by atoms with Crippen LogP contribution in [0.3, 0.4) is 0 Å². The van der Waals surface area contributed by atoms with E-state index in [0.29, 0.717) is 18.8 Å². The van der Waals surface area contributed by atoms with Gasteiger partial charge in [-0.2, -0.15) is 0 Å². The van der Waals surface area contributed by atoms with Gasteiger partial charge in [0, 0.05) is 23.0 Å². The number of fused-ring (bicyclic) bond motifs is 2. The van der Waals surface area contributed by atoms with Crippen LogP contribution < -0.4 is 0 Å². The first-order valence-corrected chi connectivity index (χ1v) is 18.9. The fourth-order valence-corrected chi connectivity index (χ4v) is 8.16. The molecular formula is C37H44O9S2. The number of esters is 1. The Hall–Kier alpha value is -2.45. The number of carbonyl (C=O) groups is 1. The van der Waals surface area contributed by atoms with Crippen LogP contribution in [0, 0.1) is 11.8 Å². The molecule has 4 fully saturated rings. The van der Waals surface area contributed by atoms with Gasteiger partial charge in [-0.25, -0.2) is 4.79 Å². The van der Waals surface area contributed by atoms with Gasteiger partial charge in [0.05, 0.1) is 24.9 Å². The fourth-order valence-electron chi connectivity index (χ4n) is 6.47. The molecule has 0 spiro atoms. The largest absolute Gasteiger partial charge is 0.455 e. The summed E-state index contributed by atoms with van der Waals surface area (Å²) in [6.45, 7) is 4.88. The number of aliphatic hydroxyl groups excluding tert-OH is 1. The molecule has 0 amide bonds. The number of rotatable bonds is 6. The van der Waals surface area contributed by atoms with Gasteiger partial charge in [0.15, 0.2) is 12.6 Å². The van der Waals surface area contributed by atoms with Gasteiger partial charge in [0.25, 0.3) is 0 Å². The predicted octanol–water partition coefficient (Wildman–Crippen LogP) is 6.24. The van der Waals surface area contributed by atoms with Gasteiger partial charge in [-0.05, 0) is 24.6 Å². The van der Waals surface area contributed by atoms with E-state index in [0.717, 1.165) is 11.1 Å². The molecule has 12 atom stereocenters. The first-order chi connectivity index (χ1) is 23.4. The van der Waals surface area contributed by atoms with Gasteiger partial charge in [-0.3, -0.25) is 0 Å². The summed E-state index contributed by atoms with van der Waals surface area (Å²) in [5.74, 6) is -0.316. The summed E-state index contributed by atoms with van der Waals surface area (Å²) < 4.78 is 41.9. The summed E-state index contributed by atoms with van der Waals surface area (Å²) in [4.78, 5) is 12.7. The van der Waals surface area contributed by atoms with E-state index >= 15 is 0 Å². The number of hydrogen-bond acceptors (Lipinski definition) is 11. The Kier molecular flexibility index (Phi) is 12.2. The molecule has 3 aromatic rings. The lowest BCUT2D eigenvalue weighted by Crippen LogP contribution is -2.59. The third-order valence-electron chi connectivity index (χ3n) is 9.17. The van der Waals surface area contributed by atoms with Gasteiger partial charge in [-0.15, -0.1) is 23.5 Å². The van der Waals surface area contributed by atoms with Gasteiger partial charge in [-0.1, -0.05) is 92.7 Å². The van der Waals surface area contributed by atoms with Crippen LogP contribution in [0.2, 0.25) is 0 Å². The molecule has 0 radical (unpaired) electrons. The van der Waals surface area contributed by atoms with Crippen molar-refractivity contribution >= 4 is 29.5 Å². The second kappa shape index (κ2) is 16.5. The molecule has 9 nitrogen and oxygen atoms in total. The summed E-state index contributed by atoms with van der Waals surface area (Å²) in [5, 5.41) is 10.5. The number of thioether (sulfide) groups is 2. The maximum absolute atomic E-state index is 12.7. The minimum Gasteiger partial charge on any atom is -0.455 e. The molecule has 0 aliphatic carbocycles. The molecule has 4 aliphatic heterocycles. The third-order valence-corrected chi connectivity index (χ3v) is 11.2. The maximum Gasteiger partial charge on any atom is 0.338 e. The average Bonchev–Trinajstić information content (AvgIpc) is 3.15. The monoisotopic (exact) mass is 696 g/mol. The summed E-state index contributed by atoms with van der Waals surface area (Å²) in [6.07, 6.45) is 0.940. The summed E-state index contributed by atoms with van der Waals surface area (Å²) in [6, 6.07) is 28.6. The molecule has 0 aromatic heterocycles. The van der Waals surface area contributed by atoms with Gasteiger partial charge < -0.3 is 38.3 Å². The highest BCUT2D eigenvalue weighted by Gasteiger charge is 2.50. The Balaban J connectivity index is 0.000000177. The van der Waals surface area contributed by atoms with Crippen LogP contribution in [0.4, 0.5) is 0 Å². The number of ether oxygens (including phenoxy) is 7. The van der Waals surface area contributed by atoms with Crippen molar-refractivity contribution in [3.8, 4) is 0 Å². The second-order valence-corrected chi connectivity index (χ2v) is 14.2. The van der Waals surface area contributed by atoms with Gasteiger partial charge in [0.1, 0.15) is 41.4 Å². The van der Waals surface area contributed by atoms with Crippen molar-refractivity contribution in [1.29, 1.82) is 0 Å². The topological polar surface area (TPSA) is 102 Å². The molecule has 0 bridgehead atoms. The van der Waals surface area contributed by atoms with Crippen LogP contribution in [-0.2, 0) is 33.2 Å². The minimum absolute atomic E-state index is 0.00766. The van der Waals surface area contributed by atoms with E-state index < -0.39 is 24.8 Å². The molecule has 0 saturated carbocycles. The van der Waals surface area contributed by atoms with E-state index in [1.807, 2.05) is 105 Å². The zero-order valence-corrected chi connectivity index (χ0v) is 29.2. The molecular weight excluding hydrogens is 653 g/mol. The molecule has 1 N–H and O–H groups in total. The third kappa shape index (κ3) is 7.96. The van der Waals surface area contributed by atoms with E-state index in [1.165, 1.54) is 0 Å². The minimum atomic E-state index is -0.527. The maximum atomic E-state index is 12.7. The Morgan fingerprint density at radius 1 is 0.667 bits per heavy atom. The highest BCUT2D eigenvalue weighted by atomic mass is 32.2. The number of benzene rings is 3. The Bertz CT molecular complexity index is 1430. The van der Waals surface area contributed by atoms with E-state index in [-0.39, 0.29) is 53.1 Å². The molecule has 48 heavy (non-hydrogen) atoms. The normalized spacial score (nSPS) is 36.0. The molecule has 3 aromatic carbocycles. The van der Waals surface area contributed by atoms with E-state index in [1.54, 1.807) is 35.7 Å². The van der Waals surface area contributed by atoms with Crippen LogP contribution in [0.25, 0.3) is 0 Å². The average molecular weight is 697 g/mol. The van der Waals surface area contributed by atoms with Crippen molar-refractivity contribution in [2.24, 2.45) is 11.8 Å². The standard InChI is InChI=1S/C22H24O5S.C15H20O4S/c1-14-18(26-20(23)15-9-5-3-6-10-15)19-17(25-22(14)28-2)13-24-21(27-19)16-11-7-4-8-12-16;1-9-12(16)13-11(18-15(9)20-2)8-17-14(19-13)10-6-4-3-5-7-10/h3-12,14,17-19,21-22H,13H2,1-2H3;3-7,9,11-16H,8H2,1-2H3/t14?,17?,18-,19-,21?,22+;9?,11?,12-,13-,14?,15+/m11/s1. The molecule has 4 saturated heterocycles. The SMILES string of the molecule is CS[C@@H]1OC2COC(c3ccccc3)O[C@H]2[C@H](O)C1C.CS[C@@H]1OC2COC(c3ccccc3)O[C@H]2[C@H](OC(=O)c2ccccc2)C1C. The van der Waals surface area contributed by atoms with E-state index in [4.69, 9.17) is 33.2 Å². The summed E-state index contributed by atoms with van der Waals surface area (Å²) >= 11 is 3.23. The van der Waals surface area contributed by atoms with Crippen molar-refractivity contribution in [2.45, 2.75) is 73.9 Å². The lowest BCUT2D eigenvalue weighted by Gasteiger charge is -2.48. The first kappa shape index (κ1) is 35.4. The zero-order chi connectivity index (χ0) is 33.6. The molecule has 6 unspecified atom stereocenters. The molecule has 7 rings (SSSR count). The molecule has 11 heteroatoms. The Morgan fingerprint density at radius 3 is 1.65 bits per heavy atom. The predicted molar refractivity (Wildman–Crippen MR) is 184 cm³/mol. The molecule has 4 aliphatic rings. The Morgan fingerprint density at radius 2 is 1.12 bits per heavy atom. The zero-order valence-electron chi connectivity index (χ0n) is 27.5. The lowest BCUT2D eigenvalue weighted by atomic mass is 9.92. The lowest BCUT2D eigenvalue weighted by molar-refractivity contribution is -0.311. The van der Waals surface area contributed by atoms with Crippen molar-refractivity contribution in [1.82, 2.24) is 0 Å². The highest BCUT2D eigenvalue weighted by molar-refractivity contribution is 7.99. The number of hydrogen-bond donors (Lipinski definition) is 1. The van der Waals surface area contributed by atoms with Crippen LogP contribution in [-0.4, -0.2) is 84.3 Å². The molecule has 258 valence electrons. The van der Waals surface area contributed by atoms with Crippen molar-refractivity contribution < 1.29 is 43.1 Å². The van der Waals surface area contributed by atoms with Crippen LogP contribution in [0.1, 0.15) is 47.9 Å². The first-order valence-electron chi connectivity index (χ1n) is 16.3. The highest BCUT2D eigenvalue weighted by Crippen LogP contribution is 2.41. The molecule has 4 heterocycles. The summed E-state index contributed by atoms with van der Waals surface area (Å²) in [7, 11) is 0. The van der Waals surface area contributed by atoms with Gasteiger partial charge in [0.2, 0.25) is 0 Å².